The predicted molar refractivity (Wildman–Crippen MR) is 103 cm³/mol. The van der Waals surface area contributed by atoms with E-state index in [1.54, 1.807) is 11.1 Å². The molecule has 0 aromatic rings. The van der Waals surface area contributed by atoms with Crippen LogP contribution in [0.25, 0.3) is 0 Å². The van der Waals surface area contributed by atoms with Gasteiger partial charge in [-0.25, -0.2) is 0 Å². The highest BCUT2D eigenvalue weighted by molar-refractivity contribution is 5.97. The number of nitriles is 1. The smallest absolute Gasteiger partial charge is 0.266 e. The first-order valence-electron chi connectivity index (χ1n) is 9.49. The molecule has 2 fully saturated rings. The molecule has 0 spiro atoms. The lowest BCUT2D eigenvalue weighted by molar-refractivity contribution is -0.128. The number of piperidine rings is 1. The summed E-state index contributed by atoms with van der Waals surface area (Å²) in [5.74, 6) is -0.179. The van der Waals surface area contributed by atoms with Crippen LogP contribution >= 0.6 is 0 Å². The van der Waals surface area contributed by atoms with Crippen molar-refractivity contribution in [2.45, 2.75) is 57.7 Å². The van der Waals surface area contributed by atoms with Gasteiger partial charge in [-0.05, 0) is 40.5 Å². The molecule has 7 heteroatoms. The van der Waals surface area contributed by atoms with Crippen LogP contribution in [-0.4, -0.2) is 77.0 Å². The van der Waals surface area contributed by atoms with Gasteiger partial charge in [0.1, 0.15) is 11.6 Å². The molecule has 2 aliphatic heterocycles. The Morgan fingerprint density at radius 2 is 1.69 bits per heavy atom. The number of carbonyl (C=O) groups is 1. The van der Waals surface area contributed by atoms with E-state index in [0.29, 0.717) is 19.6 Å². The minimum absolute atomic E-state index is 0.126. The number of amides is 1. The molecule has 0 bridgehead atoms. The lowest BCUT2D eigenvalue weighted by Gasteiger charge is -2.54. The third-order valence-electron chi connectivity index (χ3n) is 5.54. The van der Waals surface area contributed by atoms with Gasteiger partial charge in [0.25, 0.3) is 5.91 Å². The maximum atomic E-state index is 12.9. The lowest BCUT2D eigenvalue weighted by atomic mass is 9.77. The van der Waals surface area contributed by atoms with Crippen LogP contribution < -0.4 is 11.5 Å². The molecule has 0 unspecified atom stereocenters. The molecule has 4 N–H and O–H groups in total. The van der Waals surface area contributed by atoms with Crippen molar-refractivity contribution in [3.05, 3.63) is 11.8 Å². The summed E-state index contributed by atoms with van der Waals surface area (Å²) in [6, 6.07) is 2.26. The van der Waals surface area contributed by atoms with E-state index in [-0.39, 0.29) is 28.6 Å². The Kier molecular flexibility index (Phi) is 6.33. The Morgan fingerprint density at radius 1 is 1.15 bits per heavy atom. The molecule has 2 aliphatic rings. The van der Waals surface area contributed by atoms with Crippen LogP contribution in [0, 0.1) is 11.3 Å². The minimum atomic E-state index is -0.205. The second-order valence-electron chi connectivity index (χ2n) is 8.74. The Morgan fingerprint density at radius 3 is 2.15 bits per heavy atom. The quantitative estimate of drug-likeness (QED) is 0.557. The molecule has 26 heavy (non-hydrogen) atoms. The molecule has 7 nitrogen and oxygen atoms in total. The van der Waals surface area contributed by atoms with Crippen molar-refractivity contribution < 1.29 is 4.79 Å². The number of piperazine rings is 1. The average molecular weight is 363 g/mol. The summed E-state index contributed by atoms with van der Waals surface area (Å²) >= 11 is 0. The van der Waals surface area contributed by atoms with Gasteiger partial charge in [-0.3, -0.25) is 9.69 Å². The van der Waals surface area contributed by atoms with E-state index in [1.165, 1.54) is 0 Å². The van der Waals surface area contributed by atoms with Gasteiger partial charge in [0, 0.05) is 62.6 Å². The van der Waals surface area contributed by atoms with E-state index in [0.717, 1.165) is 32.5 Å². The number of rotatable bonds is 4. The molecule has 0 atom stereocenters. The van der Waals surface area contributed by atoms with Crippen molar-refractivity contribution in [2.24, 2.45) is 11.5 Å². The summed E-state index contributed by atoms with van der Waals surface area (Å²) < 4.78 is 0. The average Bonchev–Trinajstić information content (AvgIpc) is 2.53. The fourth-order valence-corrected chi connectivity index (χ4v) is 4.51. The summed E-state index contributed by atoms with van der Waals surface area (Å²) in [5.41, 5.74) is 11.6. The maximum Gasteiger partial charge on any atom is 0.266 e. The third-order valence-corrected chi connectivity index (χ3v) is 5.54. The second kappa shape index (κ2) is 7.95. The topological polar surface area (TPSA) is 103 Å². The summed E-state index contributed by atoms with van der Waals surface area (Å²) in [7, 11) is 0. The number of nitrogens with two attached hydrogens (primary N) is 2. The monoisotopic (exact) mass is 362 g/mol. The fourth-order valence-electron chi connectivity index (χ4n) is 4.51. The van der Waals surface area contributed by atoms with Gasteiger partial charge in [0.2, 0.25) is 0 Å². The van der Waals surface area contributed by atoms with Gasteiger partial charge in [-0.1, -0.05) is 0 Å². The summed E-state index contributed by atoms with van der Waals surface area (Å²) in [4.78, 5) is 19.1. The highest BCUT2D eigenvalue weighted by atomic mass is 16.2. The Bertz CT molecular complexity index is 565. The first kappa shape index (κ1) is 20.7. The number of hydrogen-bond donors (Lipinski definition) is 2. The van der Waals surface area contributed by atoms with E-state index in [1.807, 2.05) is 0 Å². The number of nitrogens with zero attached hydrogens (tertiary/aromatic N) is 4. The van der Waals surface area contributed by atoms with Crippen LogP contribution in [0.2, 0.25) is 0 Å². The summed E-state index contributed by atoms with van der Waals surface area (Å²) in [5, 5.41) is 9.64. The van der Waals surface area contributed by atoms with Gasteiger partial charge < -0.3 is 21.3 Å². The SMILES string of the molecule is CC1(C)CC(N)CC(C)(C)N1/C=C(/C#N)C(=O)N1CCN(CCN)CC1. The molecule has 0 radical (unpaired) electrons. The molecule has 0 aliphatic carbocycles. The number of hydrogen-bond acceptors (Lipinski definition) is 6. The molecule has 1 amide bonds. The van der Waals surface area contributed by atoms with Crippen molar-refractivity contribution in [1.29, 1.82) is 5.26 Å². The van der Waals surface area contributed by atoms with Crippen LogP contribution in [0.4, 0.5) is 0 Å². The van der Waals surface area contributed by atoms with Crippen molar-refractivity contribution in [2.75, 3.05) is 39.3 Å². The van der Waals surface area contributed by atoms with Crippen molar-refractivity contribution in [1.82, 2.24) is 14.7 Å². The zero-order valence-electron chi connectivity index (χ0n) is 16.7. The normalized spacial score (nSPS) is 24.4. The summed E-state index contributed by atoms with van der Waals surface area (Å²) in [6.07, 6.45) is 3.43. The van der Waals surface area contributed by atoms with Crippen molar-refractivity contribution in [3.8, 4) is 6.07 Å². The van der Waals surface area contributed by atoms with Crippen LogP contribution in [0.3, 0.4) is 0 Å². The minimum Gasteiger partial charge on any atom is -0.366 e. The second-order valence-corrected chi connectivity index (χ2v) is 8.74. The van der Waals surface area contributed by atoms with Crippen LogP contribution in [0.15, 0.2) is 11.8 Å². The van der Waals surface area contributed by atoms with E-state index >= 15 is 0 Å². The fraction of sp³-hybridized carbons (Fsp3) is 0.789. The highest BCUT2D eigenvalue weighted by Gasteiger charge is 2.43. The highest BCUT2D eigenvalue weighted by Crippen LogP contribution is 2.38. The Balaban J connectivity index is 2.16. The predicted octanol–water partition coefficient (Wildman–Crippen LogP) is 0.477. The van der Waals surface area contributed by atoms with E-state index in [9.17, 15) is 10.1 Å². The first-order valence-corrected chi connectivity index (χ1v) is 9.49. The van der Waals surface area contributed by atoms with E-state index < -0.39 is 0 Å². The molecule has 0 saturated carbocycles. The molecule has 2 heterocycles. The number of likely N-dealkylation sites (tertiary alicyclic amines) is 1. The zero-order valence-corrected chi connectivity index (χ0v) is 16.7. The van der Waals surface area contributed by atoms with Crippen molar-refractivity contribution in [3.63, 3.8) is 0 Å². The Labute approximate surface area is 157 Å². The standard InChI is InChI=1S/C19H34N6O/c1-18(2)11-16(22)12-19(3,4)25(18)14-15(13-21)17(26)24-9-7-23(6-5-20)8-10-24/h14,16H,5-12,20,22H2,1-4H3/b15-14-. The van der Waals surface area contributed by atoms with Gasteiger partial charge in [-0.2, -0.15) is 5.26 Å². The molecule has 0 aromatic heterocycles. The maximum absolute atomic E-state index is 12.9. The first-order chi connectivity index (χ1) is 12.1. The third kappa shape index (κ3) is 4.56. The number of carbonyl (C=O) groups excluding carboxylic acids is 1. The van der Waals surface area contributed by atoms with Gasteiger partial charge in [0.15, 0.2) is 0 Å². The molecule has 2 rings (SSSR count). The molecule has 146 valence electrons. The van der Waals surface area contributed by atoms with Crippen LogP contribution in [-0.2, 0) is 4.79 Å². The van der Waals surface area contributed by atoms with E-state index in [2.05, 4.69) is 43.6 Å². The molecule has 2 saturated heterocycles. The van der Waals surface area contributed by atoms with Gasteiger partial charge in [0.05, 0.1) is 0 Å². The summed E-state index contributed by atoms with van der Waals surface area (Å²) in [6.45, 7) is 12.8. The van der Waals surface area contributed by atoms with Gasteiger partial charge in [-0.15, -0.1) is 0 Å². The van der Waals surface area contributed by atoms with Crippen molar-refractivity contribution >= 4 is 5.91 Å². The molecular weight excluding hydrogens is 328 g/mol. The lowest BCUT2D eigenvalue weighted by Crippen LogP contribution is -2.61. The Hall–Kier alpha value is -1.62. The van der Waals surface area contributed by atoms with Crippen LogP contribution in [0.1, 0.15) is 40.5 Å². The molecule has 0 aromatic carbocycles. The van der Waals surface area contributed by atoms with E-state index in [4.69, 9.17) is 11.5 Å². The van der Waals surface area contributed by atoms with Crippen LogP contribution in [0.5, 0.6) is 0 Å². The molecular formula is C19H34N6O. The zero-order chi connectivity index (χ0) is 19.5. The largest absolute Gasteiger partial charge is 0.366 e. The van der Waals surface area contributed by atoms with Gasteiger partial charge >= 0.3 is 0 Å².